The molecule has 112 valence electrons. The number of rotatable bonds is 3. The van der Waals surface area contributed by atoms with Crippen molar-refractivity contribution >= 4 is 0 Å². The third-order valence-electron chi connectivity index (χ3n) is 3.51. The summed E-state index contributed by atoms with van der Waals surface area (Å²) in [6.45, 7) is 7.45. The van der Waals surface area contributed by atoms with Crippen molar-refractivity contribution in [2.24, 2.45) is 5.41 Å². The van der Waals surface area contributed by atoms with E-state index in [9.17, 15) is 5.11 Å². The summed E-state index contributed by atoms with van der Waals surface area (Å²) in [7, 11) is 1.63. The second kappa shape index (κ2) is 6.02. The smallest absolute Gasteiger partial charge is 0.161 e. The molecule has 0 saturated carbocycles. The standard InChI is InChI=1S/C16H24O4/c1-16(2,3)15(18-4)14(17)11-6-7-12-13(10-11)20-9-5-8-19-12/h6-7,10,14-15,17H,5,8-9H2,1-4H3. The Kier molecular flexibility index (Phi) is 4.55. The summed E-state index contributed by atoms with van der Waals surface area (Å²) in [5.74, 6) is 1.44. The monoisotopic (exact) mass is 280 g/mol. The second-order valence-electron chi connectivity index (χ2n) is 6.22. The van der Waals surface area contributed by atoms with Crippen molar-refractivity contribution in [2.75, 3.05) is 20.3 Å². The summed E-state index contributed by atoms with van der Waals surface area (Å²) < 4.78 is 16.7. The van der Waals surface area contributed by atoms with E-state index in [1.807, 2.05) is 39.0 Å². The first-order valence-corrected chi connectivity index (χ1v) is 7.04. The van der Waals surface area contributed by atoms with Crippen molar-refractivity contribution in [3.05, 3.63) is 23.8 Å². The summed E-state index contributed by atoms with van der Waals surface area (Å²) in [6, 6.07) is 5.58. The van der Waals surface area contributed by atoms with Gasteiger partial charge < -0.3 is 19.3 Å². The third-order valence-corrected chi connectivity index (χ3v) is 3.51. The number of hydrogen-bond acceptors (Lipinski definition) is 4. The lowest BCUT2D eigenvalue weighted by atomic mass is 9.83. The fourth-order valence-electron chi connectivity index (χ4n) is 2.49. The first-order chi connectivity index (χ1) is 9.43. The van der Waals surface area contributed by atoms with Crippen molar-refractivity contribution in [1.82, 2.24) is 0 Å². The maximum atomic E-state index is 10.6. The fourth-order valence-corrected chi connectivity index (χ4v) is 2.49. The zero-order chi connectivity index (χ0) is 14.8. The van der Waals surface area contributed by atoms with E-state index in [-0.39, 0.29) is 11.5 Å². The molecule has 0 amide bonds. The molecule has 1 aromatic carbocycles. The van der Waals surface area contributed by atoms with Crippen LogP contribution >= 0.6 is 0 Å². The van der Waals surface area contributed by atoms with Crippen molar-refractivity contribution in [1.29, 1.82) is 0 Å². The Morgan fingerprint density at radius 2 is 1.80 bits per heavy atom. The van der Waals surface area contributed by atoms with Crippen LogP contribution < -0.4 is 9.47 Å². The first-order valence-electron chi connectivity index (χ1n) is 7.04. The van der Waals surface area contributed by atoms with Crippen LogP contribution in [0.15, 0.2) is 18.2 Å². The highest BCUT2D eigenvalue weighted by Gasteiger charge is 2.32. The van der Waals surface area contributed by atoms with Gasteiger partial charge in [-0.25, -0.2) is 0 Å². The van der Waals surface area contributed by atoms with Crippen molar-refractivity contribution < 1.29 is 19.3 Å². The summed E-state index contributed by atoms with van der Waals surface area (Å²) in [5, 5.41) is 10.6. The minimum atomic E-state index is -0.697. The zero-order valence-electron chi connectivity index (χ0n) is 12.7. The Bertz CT molecular complexity index is 450. The fraction of sp³-hybridized carbons (Fsp3) is 0.625. The van der Waals surface area contributed by atoms with Gasteiger partial charge in [-0.2, -0.15) is 0 Å². The van der Waals surface area contributed by atoms with E-state index in [2.05, 4.69) is 0 Å². The van der Waals surface area contributed by atoms with Gasteiger partial charge in [0.1, 0.15) is 6.10 Å². The topological polar surface area (TPSA) is 47.9 Å². The van der Waals surface area contributed by atoms with E-state index < -0.39 is 6.10 Å². The van der Waals surface area contributed by atoms with Crippen LogP contribution in [0, 0.1) is 5.41 Å². The van der Waals surface area contributed by atoms with Crippen LogP contribution in [0.3, 0.4) is 0 Å². The second-order valence-corrected chi connectivity index (χ2v) is 6.22. The molecule has 0 aliphatic carbocycles. The van der Waals surface area contributed by atoms with E-state index in [0.29, 0.717) is 19.0 Å². The third kappa shape index (κ3) is 3.25. The Morgan fingerprint density at radius 1 is 1.15 bits per heavy atom. The van der Waals surface area contributed by atoms with Crippen molar-refractivity contribution in [3.8, 4) is 11.5 Å². The molecule has 20 heavy (non-hydrogen) atoms. The summed E-state index contributed by atoms with van der Waals surface area (Å²) in [4.78, 5) is 0. The highest BCUT2D eigenvalue weighted by molar-refractivity contribution is 5.44. The minimum Gasteiger partial charge on any atom is -0.490 e. The lowest BCUT2D eigenvalue weighted by Gasteiger charge is -2.33. The highest BCUT2D eigenvalue weighted by atomic mass is 16.5. The Hall–Kier alpha value is -1.26. The van der Waals surface area contributed by atoms with Crippen LogP contribution in [-0.2, 0) is 4.74 Å². The van der Waals surface area contributed by atoms with Gasteiger partial charge >= 0.3 is 0 Å². The molecule has 4 heteroatoms. The minimum absolute atomic E-state index is 0.154. The number of benzene rings is 1. The first kappa shape index (κ1) is 15.1. The summed E-state index contributed by atoms with van der Waals surface area (Å²) >= 11 is 0. The average molecular weight is 280 g/mol. The maximum absolute atomic E-state index is 10.6. The van der Waals surface area contributed by atoms with Crippen LogP contribution in [0.2, 0.25) is 0 Å². The van der Waals surface area contributed by atoms with Gasteiger partial charge in [0.15, 0.2) is 11.5 Å². The molecule has 0 fully saturated rings. The van der Waals surface area contributed by atoms with Crippen LogP contribution in [0.1, 0.15) is 38.9 Å². The van der Waals surface area contributed by atoms with Crippen molar-refractivity contribution in [3.63, 3.8) is 0 Å². The molecule has 0 radical (unpaired) electrons. The molecular weight excluding hydrogens is 256 g/mol. The van der Waals surface area contributed by atoms with Crippen LogP contribution in [0.4, 0.5) is 0 Å². The van der Waals surface area contributed by atoms with Gasteiger partial charge in [-0.1, -0.05) is 26.8 Å². The lowest BCUT2D eigenvalue weighted by molar-refractivity contribution is -0.0724. The maximum Gasteiger partial charge on any atom is 0.161 e. The normalized spacial score (nSPS) is 18.2. The van der Waals surface area contributed by atoms with E-state index in [0.717, 1.165) is 17.7 Å². The predicted molar refractivity (Wildman–Crippen MR) is 77.3 cm³/mol. The molecule has 2 unspecified atom stereocenters. The number of hydrogen-bond donors (Lipinski definition) is 1. The van der Waals surface area contributed by atoms with Gasteiger partial charge in [0, 0.05) is 13.5 Å². The molecule has 1 aliphatic heterocycles. The Morgan fingerprint density at radius 3 is 2.40 bits per heavy atom. The number of aliphatic hydroxyl groups excluding tert-OH is 1. The van der Waals surface area contributed by atoms with Gasteiger partial charge in [0.25, 0.3) is 0 Å². The van der Waals surface area contributed by atoms with E-state index >= 15 is 0 Å². The van der Waals surface area contributed by atoms with E-state index in [4.69, 9.17) is 14.2 Å². The predicted octanol–water partition coefficient (Wildman–Crippen LogP) is 2.94. The average Bonchev–Trinajstić information content (AvgIpc) is 2.61. The molecule has 2 atom stereocenters. The van der Waals surface area contributed by atoms with Crippen LogP contribution in [-0.4, -0.2) is 31.5 Å². The number of fused-ring (bicyclic) bond motifs is 1. The molecule has 1 N–H and O–H groups in total. The van der Waals surface area contributed by atoms with E-state index in [1.54, 1.807) is 7.11 Å². The molecule has 0 aromatic heterocycles. The molecule has 0 bridgehead atoms. The molecule has 0 spiro atoms. The number of methoxy groups -OCH3 is 1. The van der Waals surface area contributed by atoms with Crippen molar-refractivity contribution in [2.45, 2.75) is 39.4 Å². The molecule has 4 nitrogen and oxygen atoms in total. The largest absolute Gasteiger partial charge is 0.490 e. The molecule has 2 rings (SSSR count). The number of aliphatic hydroxyl groups is 1. The van der Waals surface area contributed by atoms with Gasteiger partial charge in [-0.15, -0.1) is 0 Å². The van der Waals surface area contributed by atoms with Crippen LogP contribution in [0.25, 0.3) is 0 Å². The van der Waals surface area contributed by atoms with Gasteiger partial charge in [0.05, 0.1) is 19.3 Å². The Balaban J connectivity index is 2.26. The van der Waals surface area contributed by atoms with Gasteiger partial charge in [-0.05, 0) is 23.1 Å². The van der Waals surface area contributed by atoms with Crippen LogP contribution in [0.5, 0.6) is 11.5 Å². The van der Waals surface area contributed by atoms with E-state index in [1.165, 1.54) is 0 Å². The Labute approximate surface area is 120 Å². The zero-order valence-corrected chi connectivity index (χ0v) is 12.7. The summed E-state index contributed by atoms with van der Waals surface area (Å²) in [6.07, 6.45) is -0.112. The summed E-state index contributed by atoms with van der Waals surface area (Å²) in [5.41, 5.74) is 0.634. The number of ether oxygens (including phenoxy) is 3. The SMILES string of the molecule is COC(C(O)c1ccc2c(c1)OCCCO2)C(C)(C)C. The van der Waals surface area contributed by atoms with Gasteiger partial charge in [0.2, 0.25) is 0 Å². The molecule has 1 aliphatic rings. The molecule has 1 aromatic rings. The molecule has 1 heterocycles. The highest BCUT2D eigenvalue weighted by Crippen LogP contribution is 2.37. The van der Waals surface area contributed by atoms with Gasteiger partial charge in [-0.3, -0.25) is 0 Å². The molecular formula is C16H24O4. The quantitative estimate of drug-likeness (QED) is 0.924. The lowest BCUT2D eigenvalue weighted by Crippen LogP contribution is -2.34. The molecule has 0 saturated heterocycles.